The first kappa shape index (κ1) is 22.9. The fourth-order valence-corrected chi connectivity index (χ4v) is 5.22. The Bertz CT molecular complexity index is 961. The number of hydrogen-bond donors (Lipinski definition) is 3. The highest BCUT2D eigenvalue weighted by molar-refractivity contribution is 6.33. The second kappa shape index (κ2) is 10.1. The zero-order chi connectivity index (χ0) is 22.6. The van der Waals surface area contributed by atoms with Crippen molar-refractivity contribution >= 4 is 17.7 Å². The zero-order valence-electron chi connectivity index (χ0n) is 18.5. The molecule has 0 spiro atoms. The number of aliphatic hydroxyl groups is 1. The maximum absolute atomic E-state index is 12.2. The van der Waals surface area contributed by atoms with Crippen molar-refractivity contribution in [3.8, 4) is 16.9 Å². The minimum Gasteiger partial charge on any atom is -0.493 e. The first-order chi connectivity index (χ1) is 15.5. The van der Waals surface area contributed by atoms with Gasteiger partial charge < -0.3 is 25.2 Å². The van der Waals surface area contributed by atoms with Crippen LogP contribution in [-0.4, -0.2) is 44.6 Å². The molecule has 0 bridgehead atoms. The number of carbonyl (C=O) groups is 1. The summed E-state index contributed by atoms with van der Waals surface area (Å²) in [6.07, 6.45) is 3.49. The summed E-state index contributed by atoms with van der Waals surface area (Å²) >= 11 is 6.74. The molecule has 0 radical (unpaired) electrons. The van der Waals surface area contributed by atoms with Gasteiger partial charge in [-0.1, -0.05) is 35.9 Å². The van der Waals surface area contributed by atoms with E-state index < -0.39 is 11.7 Å². The van der Waals surface area contributed by atoms with Crippen LogP contribution in [0.2, 0.25) is 5.02 Å². The summed E-state index contributed by atoms with van der Waals surface area (Å²) in [5, 5.41) is 19.0. The van der Waals surface area contributed by atoms with Crippen LogP contribution in [-0.2, 0) is 16.8 Å². The summed E-state index contributed by atoms with van der Waals surface area (Å²) in [5.41, 5.74) is 2.73. The number of carbonyl (C=O) groups excluding carboxylic acids is 1. The molecule has 0 aliphatic carbocycles. The van der Waals surface area contributed by atoms with Crippen molar-refractivity contribution < 1.29 is 19.4 Å². The van der Waals surface area contributed by atoms with Crippen LogP contribution < -0.4 is 15.4 Å². The van der Waals surface area contributed by atoms with Gasteiger partial charge in [0.2, 0.25) is 0 Å². The van der Waals surface area contributed by atoms with E-state index in [0.717, 1.165) is 54.8 Å². The summed E-state index contributed by atoms with van der Waals surface area (Å²) < 4.78 is 10.4. The lowest BCUT2D eigenvalue weighted by Crippen LogP contribution is -2.45. The Balaban J connectivity index is 1.70. The Kier molecular flexibility index (Phi) is 7.23. The Morgan fingerprint density at radius 1 is 1.38 bits per heavy atom. The molecular weight excluding hydrogens is 428 g/mol. The number of rotatable bonds is 7. The molecule has 7 heteroatoms. The van der Waals surface area contributed by atoms with Crippen molar-refractivity contribution in [1.29, 1.82) is 0 Å². The third-order valence-electron chi connectivity index (χ3n) is 6.63. The number of amides is 1. The molecule has 32 heavy (non-hydrogen) atoms. The Hall–Kier alpha value is -2.28. The number of ether oxygens (including phenoxy) is 2. The molecule has 0 aromatic heterocycles. The fourth-order valence-electron chi connectivity index (χ4n) is 4.94. The highest BCUT2D eigenvalue weighted by Gasteiger charge is 2.40. The number of piperidine rings is 1. The van der Waals surface area contributed by atoms with Crippen molar-refractivity contribution in [3.05, 3.63) is 52.5 Å². The monoisotopic (exact) mass is 458 g/mol. The average molecular weight is 459 g/mol. The second-order valence-corrected chi connectivity index (χ2v) is 8.98. The van der Waals surface area contributed by atoms with Crippen LogP contribution in [0.5, 0.6) is 5.75 Å². The van der Waals surface area contributed by atoms with Gasteiger partial charge >= 0.3 is 6.09 Å². The second-order valence-electron chi connectivity index (χ2n) is 8.57. The van der Waals surface area contributed by atoms with Gasteiger partial charge in [0.15, 0.2) is 0 Å². The Morgan fingerprint density at radius 2 is 2.25 bits per heavy atom. The quantitative estimate of drug-likeness (QED) is 0.540. The van der Waals surface area contributed by atoms with Gasteiger partial charge in [0.1, 0.15) is 5.75 Å². The molecule has 1 amide bonds. The maximum atomic E-state index is 12.2. The number of benzene rings is 2. The fraction of sp³-hybridized carbons (Fsp3) is 0.480. The van der Waals surface area contributed by atoms with Crippen LogP contribution >= 0.6 is 11.6 Å². The number of methoxy groups -OCH3 is 1. The van der Waals surface area contributed by atoms with E-state index in [4.69, 9.17) is 16.3 Å². The van der Waals surface area contributed by atoms with Crippen LogP contribution in [0.4, 0.5) is 4.79 Å². The summed E-state index contributed by atoms with van der Waals surface area (Å²) in [5.74, 6) is 0.927. The number of hydrogen-bond acceptors (Lipinski definition) is 5. The normalized spacial score (nSPS) is 19.5. The third kappa shape index (κ3) is 4.72. The van der Waals surface area contributed by atoms with Gasteiger partial charge in [0, 0.05) is 36.0 Å². The van der Waals surface area contributed by atoms with Gasteiger partial charge in [-0.2, -0.15) is 0 Å². The highest BCUT2D eigenvalue weighted by Crippen LogP contribution is 2.45. The molecule has 6 nitrogen and oxygen atoms in total. The Morgan fingerprint density at radius 3 is 3.03 bits per heavy atom. The molecule has 2 aliphatic rings. The number of fused-ring (bicyclic) bond motifs is 1. The molecule has 2 aromatic carbocycles. The molecule has 4 rings (SSSR count). The van der Waals surface area contributed by atoms with Crippen LogP contribution in [0.25, 0.3) is 11.1 Å². The van der Waals surface area contributed by atoms with Crippen LogP contribution in [0.1, 0.15) is 36.8 Å². The molecule has 2 heterocycles. The minimum atomic E-state index is -1.09. The van der Waals surface area contributed by atoms with Gasteiger partial charge in [-0.3, -0.25) is 0 Å². The minimum absolute atomic E-state index is 0.0391. The molecule has 0 saturated carbocycles. The van der Waals surface area contributed by atoms with Gasteiger partial charge in [-0.15, -0.1) is 0 Å². The van der Waals surface area contributed by atoms with Crippen molar-refractivity contribution in [3.63, 3.8) is 0 Å². The molecular formula is C25H31ClN2O4. The first-order valence-electron chi connectivity index (χ1n) is 11.3. The molecule has 3 N–H and O–H groups in total. The SMILES string of the molecule is COC(=O)NCCCC(O)(c1cccc(Cl)c1-c1ccc2c(c1)OCC2)[C@@H]1CCCNC1. The molecule has 2 atom stereocenters. The number of alkyl carbamates (subject to hydrolysis) is 1. The summed E-state index contributed by atoms with van der Waals surface area (Å²) in [6.45, 7) is 2.82. The van der Waals surface area contributed by atoms with Crippen LogP contribution in [0, 0.1) is 5.92 Å². The number of halogens is 1. The molecule has 1 fully saturated rings. The molecule has 2 aromatic rings. The van der Waals surface area contributed by atoms with Crippen LogP contribution in [0.3, 0.4) is 0 Å². The standard InChI is InChI=1S/C25H31ClN2O4/c1-31-24(29)28-13-4-11-25(30,19-5-3-12-27-16-19)20-6-2-7-21(26)23(20)18-9-8-17-10-14-32-22(17)15-18/h2,6-9,15,19,27,30H,3-5,10-14,16H2,1H3,(H,28,29)/t19-,25?/m1/s1. The summed E-state index contributed by atoms with van der Waals surface area (Å²) in [4.78, 5) is 11.4. The van der Waals surface area contributed by atoms with E-state index in [0.29, 0.717) is 31.0 Å². The van der Waals surface area contributed by atoms with Gasteiger partial charge in [0.25, 0.3) is 0 Å². The first-order valence-corrected chi connectivity index (χ1v) is 11.7. The van der Waals surface area contributed by atoms with Gasteiger partial charge in [0.05, 0.1) is 19.3 Å². The smallest absolute Gasteiger partial charge is 0.406 e. The van der Waals surface area contributed by atoms with E-state index in [1.807, 2.05) is 24.3 Å². The van der Waals surface area contributed by atoms with E-state index in [2.05, 4.69) is 27.5 Å². The van der Waals surface area contributed by atoms with E-state index in [-0.39, 0.29) is 5.92 Å². The third-order valence-corrected chi connectivity index (χ3v) is 6.94. The summed E-state index contributed by atoms with van der Waals surface area (Å²) in [7, 11) is 1.35. The van der Waals surface area contributed by atoms with Crippen molar-refractivity contribution in [2.24, 2.45) is 5.92 Å². The largest absolute Gasteiger partial charge is 0.493 e. The Labute approximate surface area is 194 Å². The molecule has 172 valence electrons. The summed E-state index contributed by atoms with van der Waals surface area (Å²) in [6, 6.07) is 11.9. The van der Waals surface area contributed by atoms with Crippen molar-refractivity contribution in [2.75, 3.05) is 33.4 Å². The van der Waals surface area contributed by atoms with E-state index in [9.17, 15) is 9.90 Å². The van der Waals surface area contributed by atoms with E-state index >= 15 is 0 Å². The zero-order valence-corrected chi connectivity index (χ0v) is 19.2. The van der Waals surface area contributed by atoms with Gasteiger partial charge in [-0.05, 0) is 61.1 Å². The predicted molar refractivity (Wildman–Crippen MR) is 125 cm³/mol. The molecule has 1 unspecified atom stereocenters. The van der Waals surface area contributed by atoms with Crippen molar-refractivity contribution in [1.82, 2.24) is 10.6 Å². The maximum Gasteiger partial charge on any atom is 0.406 e. The van der Waals surface area contributed by atoms with Crippen LogP contribution in [0.15, 0.2) is 36.4 Å². The number of nitrogens with one attached hydrogen (secondary N) is 2. The molecule has 2 aliphatic heterocycles. The topological polar surface area (TPSA) is 79.8 Å². The molecule has 1 saturated heterocycles. The lowest BCUT2D eigenvalue weighted by Gasteiger charge is -2.40. The highest BCUT2D eigenvalue weighted by atomic mass is 35.5. The lowest BCUT2D eigenvalue weighted by molar-refractivity contribution is -0.0415. The van der Waals surface area contributed by atoms with Gasteiger partial charge in [-0.25, -0.2) is 4.79 Å². The predicted octanol–water partition coefficient (Wildman–Crippen LogP) is 4.27. The lowest BCUT2D eigenvalue weighted by atomic mass is 9.72. The van der Waals surface area contributed by atoms with Crippen molar-refractivity contribution in [2.45, 2.75) is 37.7 Å². The van der Waals surface area contributed by atoms with E-state index in [1.54, 1.807) is 0 Å². The van der Waals surface area contributed by atoms with E-state index in [1.165, 1.54) is 12.7 Å². The average Bonchev–Trinajstić information content (AvgIpc) is 3.30.